The van der Waals surface area contributed by atoms with Crippen LogP contribution in [-0.4, -0.2) is 5.71 Å². The number of rotatable bonds is 1. The maximum atomic E-state index is 4.59. The van der Waals surface area contributed by atoms with E-state index in [1.807, 2.05) is 6.07 Å². The minimum absolute atomic E-state index is 0.0748. The van der Waals surface area contributed by atoms with Crippen LogP contribution in [0.4, 0.5) is 0 Å². The summed E-state index contributed by atoms with van der Waals surface area (Å²) in [4.78, 5) is 4.59. The number of allylic oxidation sites excluding steroid dienone is 2. The highest BCUT2D eigenvalue weighted by molar-refractivity contribution is 6.07. The number of aliphatic imine (C=N–C) groups is 1. The van der Waals surface area contributed by atoms with E-state index < -0.39 is 0 Å². The zero-order valence-electron chi connectivity index (χ0n) is 8.91. The van der Waals surface area contributed by atoms with Crippen molar-refractivity contribution in [1.29, 1.82) is 0 Å². The summed E-state index contributed by atoms with van der Waals surface area (Å²) in [6.07, 6.45) is 2.22. The average molecular weight is 185 g/mol. The van der Waals surface area contributed by atoms with E-state index in [1.165, 1.54) is 11.3 Å². The molecule has 1 heterocycles. The van der Waals surface area contributed by atoms with Gasteiger partial charge in [-0.05, 0) is 12.5 Å². The van der Waals surface area contributed by atoms with Gasteiger partial charge >= 0.3 is 0 Å². The van der Waals surface area contributed by atoms with Crippen LogP contribution in [-0.2, 0) is 0 Å². The predicted octanol–water partition coefficient (Wildman–Crippen LogP) is 3.42. The molecule has 1 aromatic carbocycles. The molecule has 2 rings (SSSR count). The molecule has 0 bridgehead atoms. The molecule has 0 saturated heterocycles. The van der Waals surface area contributed by atoms with E-state index in [0.29, 0.717) is 0 Å². The van der Waals surface area contributed by atoms with Gasteiger partial charge in [-0.15, -0.1) is 0 Å². The number of hydrogen-bond acceptors (Lipinski definition) is 1. The molecule has 0 unspecified atom stereocenters. The van der Waals surface area contributed by atoms with Gasteiger partial charge in [0.2, 0.25) is 0 Å². The summed E-state index contributed by atoms with van der Waals surface area (Å²) in [5.41, 5.74) is 3.60. The molecule has 0 saturated carbocycles. The zero-order chi connectivity index (χ0) is 10.2. The summed E-state index contributed by atoms with van der Waals surface area (Å²) >= 11 is 0. The largest absolute Gasteiger partial charge is 0.257 e. The maximum absolute atomic E-state index is 4.59. The van der Waals surface area contributed by atoms with Crippen molar-refractivity contribution in [2.24, 2.45) is 10.4 Å². The predicted molar refractivity (Wildman–Crippen MR) is 60.5 cm³/mol. The third-order valence-corrected chi connectivity index (χ3v) is 2.52. The van der Waals surface area contributed by atoms with Crippen LogP contribution in [0.15, 0.2) is 47.1 Å². The van der Waals surface area contributed by atoms with Crippen LogP contribution in [0.25, 0.3) is 0 Å². The van der Waals surface area contributed by atoms with E-state index in [-0.39, 0.29) is 5.41 Å². The van der Waals surface area contributed by atoms with Crippen molar-refractivity contribution in [3.63, 3.8) is 0 Å². The molecule has 1 aliphatic heterocycles. The molecule has 0 N–H and O–H groups in total. The van der Waals surface area contributed by atoms with Gasteiger partial charge in [-0.2, -0.15) is 0 Å². The van der Waals surface area contributed by atoms with Gasteiger partial charge in [0.25, 0.3) is 0 Å². The first-order valence-electron chi connectivity index (χ1n) is 4.94. The molecule has 0 atom stereocenters. The fraction of sp³-hybridized carbons (Fsp3) is 0.308. The lowest BCUT2D eigenvalue weighted by Gasteiger charge is -2.18. The fourth-order valence-corrected chi connectivity index (χ4v) is 1.98. The molecule has 1 aromatic rings. The van der Waals surface area contributed by atoms with E-state index in [2.05, 4.69) is 56.1 Å². The van der Waals surface area contributed by atoms with Crippen LogP contribution in [0.1, 0.15) is 26.3 Å². The molecule has 0 radical (unpaired) electrons. The zero-order valence-corrected chi connectivity index (χ0v) is 8.91. The average Bonchev–Trinajstić information content (AvgIpc) is 2.41. The van der Waals surface area contributed by atoms with E-state index in [1.54, 1.807) is 0 Å². The van der Waals surface area contributed by atoms with Crippen molar-refractivity contribution in [3.05, 3.63) is 47.7 Å². The third-order valence-electron chi connectivity index (χ3n) is 2.52. The van der Waals surface area contributed by atoms with E-state index in [0.717, 1.165) is 5.70 Å². The van der Waals surface area contributed by atoms with Gasteiger partial charge in [0.15, 0.2) is 0 Å². The highest BCUT2D eigenvalue weighted by Crippen LogP contribution is 2.32. The Hall–Kier alpha value is -1.37. The molecule has 1 heteroatoms. The molecule has 14 heavy (non-hydrogen) atoms. The molecule has 1 nitrogen and oxygen atoms in total. The number of benzene rings is 1. The lowest BCUT2D eigenvalue weighted by molar-refractivity contribution is 0.688. The van der Waals surface area contributed by atoms with Gasteiger partial charge in [-0.1, -0.05) is 50.3 Å². The Labute approximate surface area is 85.2 Å². The highest BCUT2D eigenvalue weighted by atomic mass is 14.8. The molecule has 0 aliphatic carbocycles. The van der Waals surface area contributed by atoms with Gasteiger partial charge in [-0.25, -0.2) is 0 Å². The van der Waals surface area contributed by atoms with Crippen LogP contribution in [0.5, 0.6) is 0 Å². The van der Waals surface area contributed by atoms with Crippen LogP contribution < -0.4 is 0 Å². The standard InChI is InChI=1S/C13H15N/c1-10-9-13(2,3)12(14-10)11-7-5-4-6-8-11/h4-9H,1-3H3. The third kappa shape index (κ3) is 1.50. The summed E-state index contributed by atoms with van der Waals surface area (Å²) in [6, 6.07) is 10.4. The van der Waals surface area contributed by atoms with Crippen LogP contribution in [0.3, 0.4) is 0 Å². The van der Waals surface area contributed by atoms with Gasteiger partial charge < -0.3 is 0 Å². The fourth-order valence-electron chi connectivity index (χ4n) is 1.98. The Morgan fingerprint density at radius 3 is 2.21 bits per heavy atom. The minimum atomic E-state index is 0.0748. The first-order valence-corrected chi connectivity index (χ1v) is 4.94. The normalized spacial score (nSPS) is 19.1. The van der Waals surface area contributed by atoms with Gasteiger partial charge in [0.1, 0.15) is 0 Å². The smallest absolute Gasteiger partial charge is 0.0573 e. The SMILES string of the molecule is CC1=CC(C)(C)C(c2ccccc2)=N1. The van der Waals surface area contributed by atoms with Gasteiger partial charge in [-0.3, -0.25) is 4.99 Å². The first kappa shape index (κ1) is 9.20. The second-order valence-corrected chi connectivity index (χ2v) is 4.33. The lowest BCUT2D eigenvalue weighted by atomic mass is 9.85. The summed E-state index contributed by atoms with van der Waals surface area (Å²) < 4.78 is 0. The van der Waals surface area contributed by atoms with E-state index in [9.17, 15) is 0 Å². The Kier molecular flexibility index (Phi) is 2.03. The quantitative estimate of drug-likeness (QED) is 0.635. The molecule has 0 aromatic heterocycles. The molecule has 72 valence electrons. The highest BCUT2D eigenvalue weighted by Gasteiger charge is 2.28. The summed E-state index contributed by atoms with van der Waals surface area (Å²) in [6.45, 7) is 6.46. The van der Waals surface area contributed by atoms with Gasteiger partial charge in [0, 0.05) is 11.1 Å². The summed E-state index contributed by atoms with van der Waals surface area (Å²) in [5.74, 6) is 0. The van der Waals surface area contributed by atoms with Gasteiger partial charge in [0.05, 0.1) is 5.71 Å². The van der Waals surface area contributed by atoms with Crippen molar-refractivity contribution in [3.8, 4) is 0 Å². The van der Waals surface area contributed by atoms with Crippen molar-refractivity contribution in [1.82, 2.24) is 0 Å². The van der Waals surface area contributed by atoms with Crippen LogP contribution in [0, 0.1) is 5.41 Å². The topological polar surface area (TPSA) is 12.4 Å². The first-order chi connectivity index (χ1) is 6.59. The minimum Gasteiger partial charge on any atom is -0.257 e. The van der Waals surface area contributed by atoms with Crippen molar-refractivity contribution in [2.45, 2.75) is 20.8 Å². The molecular weight excluding hydrogens is 170 g/mol. The van der Waals surface area contributed by atoms with Crippen LogP contribution in [0.2, 0.25) is 0 Å². The second kappa shape index (κ2) is 3.09. The molecular formula is C13H15N. The van der Waals surface area contributed by atoms with E-state index >= 15 is 0 Å². The molecule has 0 fully saturated rings. The van der Waals surface area contributed by atoms with E-state index in [4.69, 9.17) is 0 Å². The Bertz CT molecular complexity index is 397. The monoisotopic (exact) mass is 185 g/mol. The Morgan fingerprint density at radius 2 is 1.71 bits per heavy atom. The number of nitrogens with zero attached hydrogens (tertiary/aromatic N) is 1. The second-order valence-electron chi connectivity index (χ2n) is 4.33. The van der Waals surface area contributed by atoms with Crippen molar-refractivity contribution >= 4 is 5.71 Å². The lowest BCUT2D eigenvalue weighted by Crippen LogP contribution is -2.19. The summed E-state index contributed by atoms with van der Waals surface area (Å²) in [5, 5.41) is 0. The summed E-state index contributed by atoms with van der Waals surface area (Å²) in [7, 11) is 0. The molecule has 0 amide bonds. The molecule has 0 spiro atoms. The number of hydrogen-bond donors (Lipinski definition) is 0. The van der Waals surface area contributed by atoms with Crippen molar-refractivity contribution < 1.29 is 0 Å². The van der Waals surface area contributed by atoms with Crippen molar-refractivity contribution in [2.75, 3.05) is 0 Å². The Morgan fingerprint density at radius 1 is 1.07 bits per heavy atom. The Balaban J connectivity index is 2.44. The molecule has 1 aliphatic rings. The van der Waals surface area contributed by atoms with Crippen LogP contribution >= 0.6 is 0 Å². The maximum Gasteiger partial charge on any atom is 0.0573 e.